The van der Waals surface area contributed by atoms with Crippen molar-refractivity contribution >= 4 is 0 Å². The molecular weight excluding hydrogens is 176 g/mol. The SMILES string of the molecule is [NH2][Ti]([F])([F])([F])([F])([F])[F]. The van der Waals surface area contributed by atoms with Crippen LogP contribution in [-0.4, -0.2) is 0 Å². The van der Waals surface area contributed by atoms with Gasteiger partial charge in [-0.25, -0.2) is 0 Å². The molecule has 0 aliphatic carbocycles. The Hall–Kier alpha value is 0.254. The van der Waals surface area contributed by atoms with Gasteiger partial charge in [-0.2, -0.15) is 0 Å². The quantitative estimate of drug-likeness (QED) is 0.445. The average Bonchev–Trinajstić information content (AvgIpc) is 0.544. The van der Waals surface area contributed by atoms with Crippen molar-refractivity contribution in [3.63, 3.8) is 0 Å². The van der Waals surface area contributed by atoms with Gasteiger partial charge in [-0.3, -0.25) is 0 Å². The maximum absolute atomic E-state index is 12.2. The van der Waals surface area contributed by atoms with Gasteiger partial charge in [0, 0.05) is 0 Å². The molecular formula is H2F6NTi. The van der Waals surface area contributed by atoms with E-state index in [1.807, 2.05) is 0 Å². The average molecular weight is 178 g/mol. The summed E-state index contributed by atoms with van der Waals surface area (Å²) in [6.45, 7) is 0. The molecule has 0 heterocycles. The van der Waals surface area contributed by atoms with Gasteiger partial charge in [0.1, 0.15) is 0 Å². The first-order valence-electron chi connectivity index (χ1n) is 1.42. The zero-order chi connectivity index (χ0) is 7.38. The zero-order valence-corrected chi connectivity index (χ0v) is 4.91. The molecule has 0 aromatic heterocycles. The zero-order valence-electron chi connectivity index (χ0n) is 3.35. The molecule has 8 heavy (non-hydrogen) atoms. The molecule has 0 aromatic rings. The van der Waals surface area contributed by atoms with Crippen LogP contribution < -0.4 is 4.22 Å². The molecule has 53 valence electrons. The molecule has 0 saturated heterocycles. The van der Waals surface area contributed by atoms with Crippen LogP contribution in [0, 0.1) is 0 Å². The van der Waals surface area contributed by atoms with Gasteiger partial charge in [0.2, 0.25) is 0 Å². The number of halogens is 6. The predicted octanol–water partition coefficient (Wildman–Crippen LogP) is 1.93. The van der Waals surface area contributed by atoms with E-state index in [1.54, 1.807) is 0 Å². The van der Waals surface area contributed by atoms with Crippen molar-refractivity contribution in [1.29, 1.82) is 0 Å². The number of rotatable bonds is 0. The molecule has 0 atom stereocenters. The third-order valence-corrected chi connectivity index (χ3v) is 0. The monoisotopic (exact) mass is 178 g/mol. The molecule has 0 aromatic carbocycles. The van der Waals surface area contributed by atoms with E-state index < -0.39 is 16.2 Å². The van der Waals surface area contributed by atoms with Crippen LogP contribution in [0.25, 0.3) is 0 Å². The van der Waals surface area contributed by atoms with E-state index >= 15 is 0 Å². The van der Waals surface area contributed by atoms with Crippen LogP contribution in [-0.2, 0) is 16.2 Å². The van der Waals surface area contributed by atoms with E-state index in [1.165, 1.54) is 0 Å². The standard InChI is InChI=1S/6FH.H2N.Ti/h6*1H;1H2;/q;;;;;;-1;+7/p-6. The Balaban J connectivity index is 5.14. The van der Waals surface area contributed by atoms with Gasteiger partial charge in [-0.15, -0.1) is 0 Å². The van der Waals surface area contributed by atoms with E-state index in [9.17, 15) is 18.6 Å². The first kappa shape index (κ1) is 8.25. The maximum atomic E-state index is 10.4. The van der Waals surface area contributed by atoms with E-state index in [0.717, 1.165) is 0 Å². The third kappa shape index (κ3) is 2670. The topological polar surface area (TPSA) is 26.0 Å². The van der Waals surface area contributed by atoms with Gasteiger partial charge in [-0.05, 0) is 0 Å². The molecule has 2 N–H and O–H groups in total. The van der Waals surface area contributed by atoms with E-state index in [4.69, 9.17) is 0 Å². The summed E-state index contributed by atoms with van der Waals surface area (Å²) in [6.07, 6.45) is 0. The van der Waals surface area contributed by atoms with Crippen molar-refractivity contribution in [1.82, 2.24) is 0 Å². The molecule has 0 unspecified atom stereocenters. The summed E-state index contributed by atoms with van der Waals surface area (Å²) in [6, 6.07) is 0. The normalized spacial score (nSPS) is 27.1. The van der Waals surface area contributed by atoms with Crippen molar-refractivity contribution in [2.45, 2.75) is 0 Å². The van der Waals surface area contributed by atoms with Crippen molar-refractivity contribution in [3.05, 3.63) is 0 Å². The Kier molecular flexibility index (Phi) is 0.648. The molecule has 0 saturated carbocycles. The molecule has 0 bridgehead atoms. The van der Waals surface area contributed by atoms with Crippen molar-refractivity contribution < 1.29 is 34.8 Å². The van der Waals surface area contributed by atoms with E-state index in [-0.39, 0.29) is 0 Å². The van der Waals surface area contributed by atoms with Gasteiger partial charge < -0.3 is 0 Å². The molecule has 8 heteroatoms. The Morgan fingerprint density at radius 2 is 0.750 bits per heavy atom. The first-order chi connectivity index (χ1) is 2.65. The summed E-state index contributed by atoms with van der Waals surface area (Å²) < 4.78 is 64.5. The van der Waals surface area contributed by atoms with Gasteiger partial charge in [0.15, 0.2) is 0 Å². The van der Waals surface area contributed by atoms with Crippen LogP contribution in [0.2, 0.25) is 0 Å². The van der Waals surface area contributed by atoms with Gasteiger partial charge in [0.25, 0.3) is 0 Å². The Labute approximate surface area is 39.8 Å². The predicted molar refractivity (Wildman–Crippen MR) is 10.8 cm³/mol. The Morgan fingerprint density at radius 1 is 0.750 bits per heavy atom. The summed E-state index contributed by atoms with van der Waals surface area (Å²) in [4.78, 5) is 0. The first-order valence-corrected chi connectivity index (χ1v) is 5.87. The summed E-state index contributed by atoms with van der Waals surface area (Å²) >= 11 is -12.2. The molecule has 0 radical (unpaired) electrons. The fourth-order valence-corrected chi connectivity index (χ4v) is 0. The summed E-state index contributed by atoms with van der Waals surface area (Å²) in [5.41, 5.74) is 0. The van der Waals surface area contributed by atoms with Gasteiger partial charge in [-0.1, -0.05) is 0 Å². The summed E-state index contributed by atoms with van der Waals surface area (Å²) in [5.74, 6) is 0. The fourth-order valence-electron chi connectivity index (χ4n) is 0. The molecule has 1 nitrogen and oxygen atoms in total. The van der Waals surface area contributed by atoms with E-state index in [2.05, 4.69) is 4.22 Å². The molecule has 0 aliphatic rings. The Bertz CT molecular complexity index is 101. The second-order valence-electron chi connectivity index (χ2n) is 1.73. The summed E-state index contributed by atoms with van der Waals surface area (Å²) in [7, 11) is 0. The van der Waals surface area contributed by atoms with Crippen molar-refractivity contribution in [3.8, 4) is 0 Å². The molecule has 0 rings (SSSR count). The van der Waals surface area contributed by atoms with Crippen molar-refractivity contribution in [2.24, 2.45) is 4.22 Å². The van der Waals surface area contributed by atoms with Crippen LogP contribution in [0.5, 0.6) is 0 Å². The molecule has 0 amide bonds. The number of hydrogen-bond acceptors (Lipinski definition) is 1. The second-order valence-corrected chi connectivity index (χ2v) is 7.12. The molecule has 0 fully saturated rings. The second kappa shape index (κ2) is 0.628. The van der Waals surface area contributed by atoms with Crippen LogP contribution in [0.4, 0.5) is 18.6 Å². The van der Waals surface area contributed by atoms with Crippen LogP contribution >= 0.6 is 0 Å². The van der Waals surface area contributed by atoms with Gasteiger partial charge in [0.05, 0.1) is 0 Å². The summed E-state index contributed by atoms with van der Waals surface area (Å²) in [5, 5.41) is 0. The third-order valence-electron chi connectivity index (χ3n) is 0. The van der Waals surface area contributed by atoms with Crippen LogP contribution in [0.1, 0.15) is 0 Å². The van der Waals surface area contributed by atoms with Crippen molar-refractivity contribution in [2.75, 3.05) is 0 Å². The molecule has 0 spiro atoms. The van der Waals surface area contributed by atoms with Crippen LogP contribution in [0.15, 0.2) is 0 Å². The van der Waals surface area contributed by atoms with Gasteiger partial charge >= 0.3 is 39.0 Å². The van der Waals surface area contributed by atoms with E-state index in [0.29, 0.717) is 0 Å². The molecule has 0 aliphatic heterocycles. The number of nitrogens with two attached hydrogens (primary N) is 1. The fraction of sp³-hybridized carbons (Fsp3) is 0. The minimum absolute atomic E-state index is 2.26. The van der Waals surface area contributed by atoms with Crippen LogP contribution in [0.3, 0.4) is 0 Å². The number of hydrogen-bond donors (Lipinski definition) is 1. The Morgan fingerprint density at radius 3 is 0.750 bits per heavy atom. The minimum atomic E-state index is -12.2.